The molecule has 2 unspecified atom stereocenters. The number of hydrogen-bond donors (Lipinski definition) is 1. The highest BCUT2D eigenvalue weighted by Crippen LogP contribution is 2.17. The lowest BCUT2D eigenvalue weighted by Crippen LogP contribution is -2.45. The number of hydrogen-bond acceptors (Lipinski definition) is 3. The fourth-order valence-electron chi connectivity index (χ4n) is 2.65. The van der Waals surface area contributed by atoms with Crippen LogP contribution in [0.5, 0.6) is 0 Å². The fourth-order valence-corrected chi connectivity index (χ4v) is 2.65. The summed E-state index contributed by atoms with van der Waals surface area (Å²) in [5.41, 5.74) is 0. The van der Waals surface area contributed by atoms with Gasteiger partial charge in [-0.15, -0.1) is 0 Å². The largest absolute Gasteiger partial charge is 0.379 e. The van der Waals surface area contributed by atoms with Crippen LogP contribution in [0, 0.1) is 5.92 Å². The fraction of sp³-hybridized carbons (Fsp3) is 0.857. The molecule has 0 bridgehead atoms. The molecule has 1 aliphatic carbocycles. The minimum atomic E-state index is 0.596. The number of morpholine rings is 1. The van der Waals surface area contributed by atoms with Crippen LogP contribution in [-0.2, 0) is 4.74 Å². The Labute approximate surface area is 105 Å². The van der Waals surface area contributed by atoms with Gasteiger partial charge in [-0.1, -0.05) is 12.2 Å². The van der Waals surface area contributed by atoms with Gasteiger partial charge in [0, 0.05) is 25.7 Å². The van der Waals surface area contributed by atoms with E-state index in [1.807, 2.05) is 0 Å². The predicted octanol–water partition coefficient (Wildman–Crippen LogP) is 1.65. The van der Waals surface area contributed by atoms with Gasteiger partial charge in [-0.3, -0.25) is 4.90 Å². The molecule has 0 radical (unpaired) electrons. The molecule has 1 aliphatic heterocycles. The van der Waals surface area contributed by atoms with Gasteiger partial charge < -0.3 is 10.1 Å². The van der Waals surface area contributed by atoms with E-state index in [2.05, 4.69) is 29.3 Å². The Kier molecular flexibility index (Phi) is 5.49. The zero-order valence-corrected chi connectivity index (χ0v) is 11.0. The molecule has 0 saturated carbocycles. The maximum absolute atomic E-state index is 5.37. The summed E-state index contributed by atoms with van der Waals surface area (Å²) in [5.74, 6) is 0.854. The van der Waals surface area contributed by atoms with Crippen molar-refractivity contribution in [1.29, 1.82) is 0 Å². The van der Waals surface area contributed by atoms with Crippen LogP contribution in [0.3, 0.4) is 0 Å². The molecule has 3 nitrogen and oxygen atoms in total. The zero-order valence-electron chi connectivity index (χ0n) is 11.0. The monoisotopic (exact) mass is 238 g/mol. The molecule has 17 heavy (non-hydrogen) atoms. The second-order valence-electron chi connectivity index (χ2n) is 5.37. The van der Waals surface area contributed by atoms with Crippen molar-refractivity contribution in [2.75, 3.05) is 39.4 Å². The van der Waals surface area contributed by atoms with Gasteiger partial charge in [0.15, 0.2) is 0 Å². The molecule has 3 heteroatoms. The molecule has 1 N–H and O–H groups in total. The highest BCUT2D eigenvalue weighted by molar-refractivity contribution is 4.90. The molecule has 0 aromatic heterocycles. The first-order valence-corrected chi connectivity index (χ1v) is 7.03. The number of allylic oxidation sites excluding steroid dienone is 2. The van der Waals surface area contributed by atoms with Crippen molar-refractivity contribution in [3.63, 3.8) is 0 Å². The topological polar surface area (TPSA) is 24.5 Å². The Morgan fingerprint density at radius 2 is 2.18 bits per heavy atom. The minimum Gasteiger partial charge on any atom is -0.379 e. The second-order valence-corrected chi connectivity index (χ2v) is 5.37. The van der Waals surface area contributed by atoms with Gasteiger partial charge in [-0.05, 0) is 38.6 Å². The van der Waals surface area contributed by atoms with Crippen molar-refractivity contribution in [2.45, 2.75) is 32.2 Å². The SMILES string of the molecule is CC(CN1CCOCC1)NCC1CC=CCC1. The lowest BCUT2D eigenvalue weighted by Gasteiger charge is -2.30. The van der Waals surface area contributed by atoms with Gasteiger partial charge in [0.25, 0.3) is 0 Å². The van der Waals surface area contributed by atoms with Gasteiger partial charge in [0.2, 0.25) is 0 Å². The summed E-state index contributed by atoms with van der Waals surface area (Å²) in [6.07, 6.45) is 8.53. The average Bonchev–Trinajstić information content (AvgIpc) is 2.39. The lowest BCUT2D eigenvalue weighted by molar-refractivity contribution is 0.0342. The first-order chi connectivity index (χ1) is 8.34. The third-order valence-corrected chi connectivity index (χ3v) is 3.77. The summed E-state index contributed by atoms with van der Waals surface area (Å²) < 4.78 is 5.37. The Morgan fingerprint density at radius 3 is 2.88 bits per heavy atom. The van der Waals surface area contributed by atoms with Crippen LogP contribution in [0.2, 0.25) is 0 Å². The molecular formula is C14H26N2O. The quantitative estimate of drug-likeness (QED) is 0.737. The van der Waals surface area contributed by atoms with E-state index in [0.717, 1.165) is 38.8 Å². The molecule has 2 aliphatic rings. The third-order valence-electron chi connectivity index (χ3n) is 3.77. The maximum Gasteiger partial charge on any atom is 0.0594 e. The third kappa shape index (κ3) is 4.78. The highest BCUT2D eigenvalue weighted by atomic mass is 16.5. The minimum absolute atomic E-state index is 0.596. The lowest BCUT2D eigenvalue weighted by atomic mass is 9.94. The molecule has 0 aromatic carbocycles. The summed E-state index contributed by atoms with van der Waals surface area (Å²) >= 11 is 0. The van der Waals surface area contributed by atoms with Gasteiger partial charge in [-0.25, -0.2) is 0 Å². The number of nitrogens with one attached hydrogen (secondary N) is 1. The van der Waals surface area contributed by atoms with Gasteiger partial charge in [0.05, 0.1) is 13.2 Å². The molecule has 1 saturated heterocycles. The van der Waals surface area contributed by atoms with Crippen LogP contribution in [0.1, 0.15) is 26.2 Å². The number of ether oxygens (including phenoxy) is 1. The van der Waals surface area contributed by atoms with Crippen LogP contribution < -0.4 is 5.32 Å². The van der Waals surface area contributed by atoms with Gasteiger partial charge in [-0.2, -0.15) is 0 Å². The molecule has 1 heterocycles. The number of nitrogens with zero attached hydrogens (tertiary/aromatic N) is 1. The summed E-state index contributed by atoms with van der Waals surface area (Å²) in [7, 11) is 0. The van der Waals surface area contributed by atoms with Crippen molar-refractivity contribution >= 4 is 0 Å². The molecular weight excluding hydrogens is 212 g/mol. The zero-order chi connectivity index (χ0) is 11.9. The smallest absolute Gasteiger partial charge is 0.0594 e. The van der Waals surface area contributed by atoms with Crippen LogP contribution >= 0.6 is 0 Å². The van der Waals surface area contributed by atoms with E-state index >= 15 is 0 Å². The number of rotatable bonds is 5. The highest BCUT2D eigenvalue weighted by Gasteiger charge is 2.15. The van der Waals surface area contributed by atoms with Crippen LogP contribution in [0.15, 0.2) is 12.2 Å². The van der Waals surface area contributed by atoms with Gasteiger partial charge >= 0.3 is 0 Å². The predicted molar refractivity (Wildman–Crippen MR) is 71.2 cm³/mol. The maximum atomic E-state index is 5.37. The molecule has 2 atom stereocenters. The first-order valence-electron chi connectivity index (χ1n) is 7.03. The van der Waals surface area contributed by atoms with E-state index in [-0.39, 0.29) is 0 Å². The molecule has 98 valence electrons. The van der Waals surface area contributed by atoms with E-state index in [9.17, 15) is 0 Å². The first kappa shape index (κ1) is 13.1. The Bertz CT molecular complexity index is 236. The van der Waals surface area contributed by atoms with Crippen LogP contribution in [0.4, 0.5) is 0 Å². The van der Waals surface area contributed by atoms with Crippen molar-refractivity contribution in [3.8, 4) is 0 Å². The Balaban J connectivity index is 1.59. The summed E-state index contributed by atoms with van der Waals surface area (Å²) in [6.45, 7) is 8.63. The van der Waals surface area contributed by atoms with Crippen molar-refractivity contribution in [2.24, 2.45) is 5.92 Å². The normalized spacial score (nSPS) is 28.2. The molecule has 0 spiro atoms. The Hall–Kier alpha value is -0.380. The molecule has 0 aromatic rings. The summed E-state index contributed by atoms with van der Waals surface area (Å²) in [6, 6.07) is 0.596. The van der Waals surface area contributed by atoms with E-state index in [1.165, 1.54) is 25.8 Å². The summed E-state index contributed by atoms with van der Waals surface area (Å²) in [4.78, 5) is 2.50. The van der Waals surface area contributed by atoms with E-state index in [1.54, 1.807) is 0 Å². The molecule has 0 amide bonds. The van der Waals surface area contributed by atoms with Crippen molar-refractivity contribution in [1.82, 2.24) is 10.2 Å². The van der Waals surface area contributed by atoms with E-state index in [4.69, 9.17) is 4.74 Å². The van der Waals surface area contributed by atoms with Crippen LogP contribution in [-0.4, -0.2) is 50.3 Å². The Morgan fingerprint density at radius 1 is 1.35 bits per heavy atom. The average molecular weight is 238 g/mol. The second kappa shape index (κ2) is 7.14. The molecule has 2 rings (SSSR count). The van der Waals surface area contributed by atoms with Crippen molar-refractivity contribution in [3.05, 3.63) is 12.2 Å². The van der Waals surface area contributed by atoms with Gasteiger partial charge in [0.1, 0.15) is 0 Å². The summed E-state index contributed by atoms with van der Waals surface area (Å²) in [5, 5.41) is 3.68. The van der Waals surface area contributed by atoms with Crippen LogP contribution in [0.25, 0.3) is 0 Å². The van der Waals surface area contributed by atoms with Crippen molar-refractivity contribution < 1.29 is 4.74 Å². The van der Waals surface area contributed by atoms with E-state index < -0.39 is 0 Å². The van der Waals surface area contributed by atoms with E-state index in [0.29, 0.717) is 6.04 Å². The molecule has 1 fully saturated rings. The standard InChI is InChI=1S/C14H26N2O/c1-13(12-16-7-9-17-10-8-16)15-11-14-5-3-2-4-6-14/h2-3,13-15H,4-12H2,1H3.